The molecule has 1 aromatic carbocycles. The number of aromatic nitrogens is 2. The summed E-state index contributed by atoms with van der Waals surface area (Å²) in [7, 11) is 1.97. The van der Waals surface area contributed by atoms with Gasteiger partial charge in [0, 0.05) is 25.7 Å². The minimum atomic E-state index is 0.629. The third-order valence-electron chi connectivity index (χ3n) is 4.05. The topological polar surface area (TPSA) is 29.9 Å². The number of fused-ring (bicyclic) bond motifs is 1. The van der Waals surface area contributed by atoms with Crippen LogP contribution < -0.4 is 5.32 Å². The number of benzene rings is 1. The van der Waals surface area contributed by atoms with Crippen molar-refractivity contribution in [2.24, 2.45) is 7.05 Å². The summed E-state index contributed by atoms with van der Waals surface area (Å²) in [6, 6.07) is 8.88. The minimum absolute atomic E-state index is 0.629. The molecule has 1 unspecified atom stereocenters. The molecule has 0 saturated carbocycles. The van der Waals surface area contributed by atoms with E-state index < -0.39 is 0 Å². The Morgan fingerprint density at radius 1 is 1.37 bits per heavy atom. The van der Waals surface area contributed by atoms with Gasteiger partial charge in [-0.05, 0) is 37.3 Å². The van der Waals surface area contributed by atoms with Gasteiger partial charge in [-0.1, -0.05) is 24.3 Å². The highest BCUT2D eigenvalue weighted by Gasteiger charge is 2.19. The minimum Gasteiger partial charge on any atom is -0.382 e. The Morgan fingerprint density at radius 3 is 3.00 bits per heavy atom. The lowest BCUT2D eigenvalue weighted by Gasteiger charge is -2.25. The number of anilines is 1. The van der Waals surface area contributed by atoms with Crippen LogP contribution in [0.4, 0.5) is 5.69 Å². The van der Waals surface area contributed by atoms with Gasteiger partial charge in [0.2, 0.25) is 0 Å². The molecule has 2 aromatic rings. The van der Waals surface area contributed by atoms with Crippen molar-refractivity contribution in [3.8, 4) is 0 Å². The Bertz CT molecular complexity index is 571. The molecule has 1 aromatic heterocycles. The summed E-state index contributed by atoms with van der Waals surface area (Å²) in [6.45, 7) is 3.06. The monoisotopic (exact) mass is 255 g/mol. The highest BCUT2D eigenvalue weighted by Crippen LogP contribution is 2.31. The fourth-order valence-corrected chi connectivity index (χ4v) is 3.07. The number of nitrogens with zero attached hydrogens (tertiary/aromatic N) is 2. The third kappa shape index (κ3) is 2.50. The first-order valence-electron chi connectivity index (χ1n) is 7.06. The van der Waals surface area contributed by atoms with Crippen molar-refractivity contribution >= 4 is 5.69 Å². The number of hydrogen-bond donors (Lipinski definition) is 1. The molecule has 1 N–H and O–H groups in total. The van der Waals surface area contributed by atoms with E-state index in [0.717, 1.165) is 17.9 Å². The van der Waals surface area contributed by atoms with Gasteiger partial charge in [0.1, 0.15) is 0 Å². The highest BCUT2D eigenvalue weighted by molar-refractivity contribution is 5.46. The molecule has 19 heavy (non-hydrogen) atoms. The third-order valence-corrected chi connectivity index (χ3v) is 4.05. The van der Waals surface area contributed by atoms with Crippen molar-refractivity contribution < 1.29 is 0 Å². The first-order valence-corrected chi connectivity index (χ1v) is 7.06. The summed E-state index contributed by atoms with van der Waals surface area (Å²) in [5.41, 5.74) is 5.29. The van der Waals surface area contributed by atoms with Crippen molar-refractivity contribution in [2.75, 3.05) is 11.9 Å². The Kier molecular flexibility index (Phi) is 3.28. The summed E-state index contributed by atoms with van der Waals surface area (Å²) < 4.78 is 1.87. The van der Waals surface area contributed by atoms with Crippen LogP contribution in [0.2, 0.25) is 0 Å². The fraction of sp³-hybridized carbons (Fsp3) is 0.438. The van der Waals surface area contributed by atoms with E-state index in [-0.39, 0.29) is 0 Å². The van der Waals surface area contributed by atoms with Gasteiger partial charge in [-0.25, -0.2) is 0 Å². The predicted octanol–water partition coefficient (Wildman–Crippen LogP) is 3.26. The van der Waals surface area contributed by atoms with Crippen molar-refractivity contribution in [2.45, 2.75) is 32.1 Å². The van der Waals surface area contributed by atoms with E-state index in [1.807, 2.05) is 11.7 Å². The molecule has 0 aliphatic heterocycles. The number of hydrogen-bond acceptors (Lipinski definition) is 2. The molecule has 3 heteroatoms. The second-order valence-corrected chi connectivity index (χ2v) is 5.47. The molecule has 1 aliphatic carbocycles. The predicted molar refractivity (Wildman–Crippen MR) is 78.6 cm³/mol. The summed E-state index contributed by atoms with van der Waals surface area (Å²) >= 11 is 0. The van der Waals surface area contributed by atoms with Crippen LogP contribution in [0.5, 0.6) is 0 Å². The smallest absolute Gasteiger partial charge is 0.0824 e. The molecular formula is C16H21N3. The number of aryl methyl sites for hydroxylation is 3. The maximum atomic E-state index is 4.37. The molecule has 3 rings (SSSR count). The van der Waals surface area contributed by atoms with Crippen LogP contribution in [0.25, 0.3) is 0 Å². The first-order chi connectivity index (χ1) is 9.24. The summed E-state index contributed by atoms with van der Waals surface area (Å²) in [6.07, 6.45) is 5.88. The molecule has 1 atom stereocenters. The molecule has 1 aliphatic rings. The molecule has 100 valence electrons. The van der Waals surface area contributed by atoms with Gasteiger partial charge in [0.05, 0.1) is 11.4 Å². The van der Waals surface area contributed by atoms with E-state index in [9.17, 15) is 0 Å². The van der Waals surface area contributed by atoms with Gasteiger partial charge < -0.3 is 5.32 Å². The van der Waals surface area contributed by atoms with Gasteiger partial charge in [0.15, 0.2) is 0 Å². The zero-order valence-corrected chi connectivity index (χ0v) is 11.7. The molecule has 0 saturated heterocycles. The Morgan fingerprint density at radius 2 is 2.21 bits per heavy atom. The summed E-state index contributed by atoms with van der Waals surface area (Å²) in [5, 5.41) is 7.93. The van der Waals surface area contributed by atoms with Gasteiger partial charge in [0.25, 0.3) is 0 Å². The zero-order valence-electron chi connectivity index (χ0n) is 11.7. The summed E-state index contributed by atoms with van der Waals surface area (Å²) in [4.78, 5) is 0. The molecule has 0 bridgehead atoms. The average molecular weight is 255 g/mol. The van der Waals surface area contributed by atoms with E-state index in [4.69, 9.17) is 0 Å². The lowest BCUT2D eigenvalue weighted by Crippen LogP contribution is -2.18. The Labute approximate surface area is 114 Å². The molecule has 0 radical (unpaired) electrons. The lowest BCUT2D eigenvalue weighted by atomic mass is 9.83. The van der Waals surface area contributed by atoms with Crippen molar-refractivity contribution in [3.05, 3.63) is 47.3 Å². The normalized spacial score (nSPS) is 18.1. The van der Waals surface area contributed by atoms with E-state index in [1.54, 1.807) is 0 Å². The highest BCUT2D eigenvalue weighted by atomic mass is 15.3. The SMILES string of the molecule is Cc1nn(C)cc1NCC1CCCc2ccccc21. The molecule has 0 amide bonds. The Hall–Kier alpha value is -1.77. The van der Waals surface area contributed by atoms with Crippen LogP contribution in [-0.4, -0.2) is 16.3 Å². The standard InChI is InChI=1S/C16H21N3/c1-12-16(11-19(2)18-12)17-10-14-8-5-7-13-6-3-4-9-15(13)14/h3-4,6,9,11,14,17H,5,7-8,10H2,1-2H3. The van der Waals surface area contributed by atoms with E-state index in [1.165, 1.54) is 30.4 Å². The molecular weight excluding hydrogens is 234 g/mol. The van der Waals surface area contributed by atoms with E-state index >= 15 is 0 Å². The van der Waals surface area contributed by atoms with Crippen molar-refractivity contribution in [1.82, 2.24) is 9.78 Å². The molecule has 0 fully saturated rings. The van der Waals surface area contributed by atoms with Gasteiger partial charge in [-0.3, -0.25) is 4.68 Å². The fourth-order valence-electron chi connectivity index (χ4n) is 3.07. The van der Waals surface area contributed by atoms with Gasteiger partial charge >= 0.3 is 0 Å². The van der Waals surface area contributed by atoms with Crippen molar-refractivity contribution in [3.63, 3.8) is 0 Å². The average Bonchev–Trinajstić information content (AvgIpc) is 2.74. The largest absolute Gasteiger partial charge is 0.382 e. The summed E-state index contributed by atoms with van der Waals surface area (Å²) in [5.74, 6) is 0.629. The van der Waals surface area contributed by atoms with E-state index in [0.29, 0.717) is 5.92 Å². The maximum absolute atomic E-state index is 4.37. The van der Waals surface area contributed by atoms with Crippen LogP contribution in [-0.2, 0) is 13.5 Å². The Balaban J connectivity index is 1.73. The van der Waals surface area contributed by atoms with Crippen LogP contribution in [0.3, 0.4) is 0 Å². The number of rotatable bonds is 3. The molecule has 0 spiro atoms. The number of nitrogens with one attached hydrogen (secondary N) is 1. The van der Waals surface area contributed by atoms with Crippen LogP contribution in [0.15, 0.2) is 30.5 Å². The van der Waals surface area contributed by atoms with Gasteiger partial charge in [-0.2, -0.15) is 5.10 Å². The van der Waals surface area contributed by atoms with E-state index in [2.05, 4.69) is 47.8 Å². The molecule has 3 nitrogen and oxygen atoms in total. The zero-order chi connectivity index (χ0) is 13.2. The molecule has 1 heterocycles. The lowest BCUT2D eigenvalue weighted by molar-refractivity contribution is 0.571. The van der Waals surface area contributed by atoms with Crippen molar-refractivity contribution in [1.29, 1.82) is 0 Å². The first kappa shape index (κ1) is 12.3. The second-order valence-electron chi connectivity index (χ2n) is 5.47. The van der Waals surface area contributed by atoms with Crippen LogP contribution in [0.1, 0.15) is 35.6 Å². The van der Waals surface area contributed by atoms with Gasteiger partial charge in [-0.15, -0.1) is 0 Å². The quantitative estimate of drug-likeness (QED) is 0.912. The van der Waals surface area contributed by atoms with Crippen LogP contribution >= 0.6 is 0 Å². The maximum Gasteiger partial charge on any atom is 0.0824 e. The van der Waals surface area contributed by atoms with Crippen LogP contribution in [0, 0.1) is 6.92 Å². The second kappa shape index (κ2) is 5.08.